The first kappa shape index (κ1) is 13.6. The maximum absolute atomic E-state index is 11.1. The second kappa shape index (κ2) is 5.57. The quantitative estimate of drug-likeness (QED) is 0.832. The molecule has 1 aromatic carbocycles. The normalized spacial score (nSPS) is 19.9. The highest BCUT2D eigenvalue weighted by molar-refractivity contribution is 5.88. The molecule has 0 heterocycles. The predicted molar refractivity (Wildman–Crippen MR) is 81.5 cm³/mol. The highest BCUT2D eigenvalue weighted by atomic mass is 16.1. The molecule has 2 fully saturated rings. The van der Waals surface area contributed by atoms with E-state index in [1.54, 1.807) is 6.92 Å². The molecule has 1 atom stereocenters. The van der Waals surface area contributed by atoms with Crippen LogP contribution in [0, 0.1) is 11.8 Å². The molecule has 0 radical (unpaired) electrons. The van der Waals surface area contributed by atoms with Crippen LogP contribution >= 0.6 is 0 Å². The Morgan fingerprint density at radius 1 is 1.20 bits per heavy atom. The van der Waals surface area contributed by atoms with E-state index in [9.17, 15) is 4.79 Å². The number of carbonyl (C=O) groups is 1. The van der Waals surface area contributed by atoms with Crippen molar-refractivity contribution in [1.82, 2.24) is 5.32 Å². The third-order valence-corrected chi connectivity index (χ3v) is 4.41. The molecule has 0 spiro atoms. The van der Waals surface area contributed by atoms with Gasteiger partial charge in [0.15, 0.2) is 0 Å². The van der Waals surface area contributed by atoms with Gasteiger partial charge in [-0.1, -0.05) is 12.1 Å². The van der Waals surface area contributed by atoms with Crippen LogP contribution in [0.4, 0.5) is 5.69 Å². The molecule has 3 nitrogen and oxygen atoms in total. The number of nitrogens with one attached hydrogen (secondary N) is 2. The molecule has 2 aliphatic rings. The van der Waals surface area contributed by atoms with Crippen LogP contribution in [0.2, 0.25) is 0 Å². The third-order valence-electron chi connectivity index (χ3n) is 4.41. The van der Waals surface area contributed by atoms with E-state index in [4.69, 9.17) is 0 Å². The van der Waals surface area contributed by atoms with Crippen LogP contribution in [0.3, 0.4) is 0 Å². The first-order valence-corrected chi connectivity index (χ1v) is 7.77. The summed E-state index contributed by atoms with van der Waals surface area (Å²) in [6.07, 6.45) is 5.58. The zero-order valence-corrected chi connectivity index (χ0v) is 12.4. The summed E-state index contributed by atoms with van der Waals surface area (Å²) in [6, 6.07) is 9.22. The fourth-order valence-corrected chi connectivity index (χ4v) is 3.04. The molecule has 1 aromatic rings. The highest BCUT2D eigenvalue weighted by Gasteiger charge is 2.41. The van der Waals surface area contributed by atoms with Crippen molar-refractivity contribution in [2.45, 2.75) is 51.6 Å². The Morgan fingerprint density at radius 2 is 1.85 bits per heavy atom. The molecule has 2 saturated carbocycles. The molecule has 0 bridgehead atoms. The van der Waals surface area contributed by atoms with E-state index < -0.39 is 0 Å². The molecule has 2 N–H and O–H groups in total. The lowest BCUT2D eigenvalue weighted by molar-refractivity contribution is -0.114. The smallest absolute Gasteiger partial charge is 0.221 e. The summed E-state index contributed by atoms with van der Waals surface area (Å²) < 4.78 is 0. The van der Waals surface area contributed by atoms with Gasteiger partial charge >= 0.3 is 0 Å². The molecular weight excluding hydrogens is 248 g/mol. The number of hydrogen-bond donors (Lipinski definition) is 2. The van der Waals surface area contributed by atoms with E-state index in [1.165, 1.54) is 31.2 Å². The average Bonchev–Trinajstić information content (AvgIpc) is 3.28. The van der Waals surface area contributed by atoms with Gasteiger partial charge in [-0.15, -0.1) is 0 Å². The average molecular weight is 272 g/mol. The number of benzene rings is 1. The van der Waals surface area contributed by atoms with Gasteiger partial charge in [-0.05, 0) is 62.1 Å². The second-order valence-electron chi connectivity index (χ2n) is 6.40. The summed E-state index contributed by atoms with van der Waals surface area (Å²) in [4.78, 5) is 11.1. The van der Waals surface area contributed by atoms with E-state index in [-0.39, 0.29) is 5.91 Å². The maximum Gasteiger partial charge on any atom is 0.221 e. The maximum atomic E-state index is 11.1. The summed E-state index contributed by atoms with van der Waals surface area (Å²) in [5.41, 5.74) is 2.14. The van der Waals surface area contributed by atoms with Gasteiger partial charge < -0.3 is 10.6 Å². The first-order valence-electron chi connectivity index (χ1n) is 7.77. The summed E-state index contributed by atoms with van der Waals surface area (Å²) in [5, 5.41) is 6.68. The van der Waals surface area contributed by atoms with Crippen LogP contribution in [0.15, 0.2) is 24.3 Å². The summed E-state index contributed by atoms with van der Waals surface area (Å²) >= 11 is 0. The number of rotatable bonds is 6. The minimum atomic E-state index is -0.0170. The molecule has 3 rings (SSSR count). The van der Waals surface area contributed by atoms with E-state index in [1.807, 2.05) is 12.1 Å². The fraction of sp³-hybridized carbons (Fsp3) is 0.588. The second-order valence-corrected chi connectivity index (χ2v) is 6.40. The summed E-state index contributed by atoms with van der Waals surface area (Å²) in [5.74, 6) is 1.79. The lowest BCUT2D eigenvalue weighted by atomic mass is 10.0. The number of hydrogen-bond acceptors (Lipinski definition) is 2. The number of carbonyl (C=O) groups excluding carboxylic acids is 1. The minimum absolute atomic E-state index is 0.0170. The molecule has 0 saturated heterocycles. The minimum Gasteiger partial charge on any atom is -0.326 e. The summed E-state index contributed by atoms with van der Waals surface area (Å²) in [6.45, 7) is 3.77. The zero-order valence-electron chi connectivity index (χ0n) is 12.4. The Labute approximate surface area is 121 Å². The van der Waals surface area contributed by atoms with Crippen LogP contribution in [0.25, 0.3) is 0 Å². The lowest BCUT2D eigenvalue weighted by Crippen LogP contribution is -2.35. The van der Waals surface area contributed by atoms with Crippen molar-refractivity contribution >= 4 is 11.6 Å². The molecule has 20 heavy (non-hydrogen) atoms. The Hall–Kier alpha value is -1.35. The molecule has 1 unspecified atom stereocenters. The van der Waals surface area contributed by atoms with Gasteiger partial charge in [0.25, 0.3) is 0 Å². The number of amides is 1. The van der Waals surface area contributed by atoms with Crippen molar-refractivity contribution in [3.05, 3.63) is 29.8 Å². The van der Waals surface area contributed by atoms with E-state index >= 15 is 0 Å². The van der Waals surface area contributed by atoms with Gasteiger partial charge in [-0.25, -0.2) is 0 Å². The van der Waals surface area contributed by atoms with Crippen LogP contribution in [-0.4, -0.2) is 11.9 Å². The van der Waals surface area contributed by atoms with Gasteiger partial charge in [0.2, 0.25) is 5.91 Å². The molecule has 0 aromatic heterocycles. The fourth-order valence-electron chi connectivity index (χ4n) is 3.04. The van der Waals surface area contributed by atoms with Crippen molar-refractivity contribution in [2.24, 2.45) is 11.8 Å². The largest absolute Gasteiger partial charge is 0.326 e. The van der Waals surface area contributed by atoms with Gasteiger partial charge in [-0.3, -0.25) is 4.79 Å². The van der Waals surface area contributed by atoms with Crippen molar-refractivity contribution in [3.8, 4) is 0 Å². The monoisotopic (exact) mass is 272 g/mol. The standard InChI is InChI=1S/C17H24N2O/c1-11(18-17(13-6-7-13)14-8-9-14)15-4-3-5-16(10-15)19-12(2)20/h3-5,10-11,13-14,17-18H,6-9H2,1-2H3,(H,19,20). The van der Waals surface area contributed by atoms with Crippen LogP contribution in [0.1, 0.15) is 51.1 Å². The molecule has 1 amide bonds. The Morgan fingerprint density at radius 3 is 2.40 bits per heavy atom. The lowest BCUT2D eigenvalue weighted by Gasteiger charge is -2.24. The van der Waals surface area contributed by atoms with Gasteiger partial charge in [-0.2, -0.15) is 0 Å². The Balaban J connectivity index is 1.66. The van der Waals surface area contributed by atoms with Gasteiger partial charge in [0.1, 0.15) is 0 Å². The van der Waals surface area contributed by atoms with E-state index in [0.29, 0.717) is 12.1 Å². The molecular formula is C17H24N2O. The molecule has 2 aliphatic carbocycles. The van der Waals surface area contributed by atoms with Crippen molar-refractivity contribution < 1.29 is 4.79 Å². The van der Waals surface area contributed by atoms with Crippen LogP contribution in [0.5, 0.6) is 0 Å². The SMILES string of the molecule is CC(=O)Nc1cccc(C(C)NC(C2CC2)C2CC2)c1. The zero-order chi connectivity index (χ0) is 14.1. The van der Waals surface area contributed by atoms with Crippen LogP contribution in [-0.2, 0) is 4.79 Å². The van der Waals surface area contributed by atoms with Crippen molar-refractivity contribution in [2.75, 3.05) is 5.32 Å². The van der Waals surface area contributed by atoms with Crippen molar-refractivity contribution in [1.29, 1.82) is 0 Å². The van der Waals surface area contributed by atoms with E-state index in [0.717, 1.165) is 17.5 Å². The van der Waals surface area contributed by atoms with Crippen molar-refractivity contribution in [3.63, 3.8) is 0 Å². The predicted octanol–water partition coefficient (Wildman–Crippen LogP) is 3.48. The summed E-state index contributed by atoms with van der Waals surface area (Å²) in [7, 11) is 0. The molecule has 108 valence electrons. The topological polar surface area (TPSA) is 41.1 Å². The van der Waals surface area contributed by atoms with Gasteiger partial charge in [0.05, 0.1) is 0 Å². The Kier molecular flexibility index (Phi) is 3.79. The third kappa shape index (κ3) is 3.40. The van der Waals surface area contributed by atoms with Gasteiger partial charge in [0, 0.05) is 24.7 Å². The van der Waals surface area contributed by atoms with E-state index in [2.05, 4.69) is 29.7 Å². The molecule has 3 heteroatoms. The van der Waals surface area contributed by atoms with Crippen LogP contribution < -0.4 is 10.6 Å². The first-order chi connectivity index (χ1) is 9.63. The Bertz CT molecular complexity index is 480. The highest BCUT2D eigenvalue weighted by Crippen LogP contribution is 2.45. The number of anilines is 1. The molecule has 0 aliphatic heterocycles.